The molecule has 4 nitrogen and oxygen atoms in total. The van der Waals surface area contributed by atoms with Crippen molar-refractivity contribution in [1.82, 2.24) is 10.2 Å². The molecule has 1 fully saturated rings. The number of nitrogens with one attached hydrogen (secondary N) is 1. The third-order valence-electron chi connectivity index (χ3n) is 4.44. The fraction of sp³-hybridized carbons (Fsp3) is 0.421. The number of carbonyl (C=O) groups is 1. The zero-order valence-corrected chi connectivity index (χ0v) is 13.8. The van der Waals surface area contributed by atoms with E-state index in [2.05, 4.69) is 10.2 Å². The van der Waals surface area contributed by atoms with E-state index in [1.165, 1.54) is 12.8 Å². The highest BCUT2D eigenvalue weighted by Crippen LogP contribution is 2.26. The van der Waals surface area contributed by atoms with Crippen molar-refractivity contribution in [2.24, 2.45) is 0 Å². The molecule has 1 aromatic carbocycles. The molecule has 1 amide bonds. The molecule has 0 radical (unpaired) electrons. The van der Waals surface area contributed by atoms with Crippen LogP contribution >= 0.6 is 0 Å². The van der Waals surface area contributed by atoms with Crippen molar-refractivity contribution in [1.29, 1.82) is 0 Å². The molecule has 0 aliphatic carbocycles. The largest absolute Gasteiger partial charge is 0.465 e. The van der Waals surface area contributed by atoms with Crippen molar-refractivity contribution in [2.45, 2.75) is 32.7 Å². The summed E-state index contributed by atoms with van der Waals surface area (Å²) in [6.07, 6.45) is 2.42. The van der Waals surface area contributed by atoms with Gasteiger partial charge in [-0.15, -0.1) is 0 Å². The minimum Gasteiger partial charge on any atom is -0.465 e. The van der Waals surface area contributed by atoms with Gasteiger partial charge >= 0.3 is 0 Å². The number of amides is 1. The molecule has 0 spiro atoms. The summed E-state index contributed by atoms with van der Waals surface area (Å²) in [5, 5.41) is 3.06. The predicted octanol–water partition coefficient (Wildman–Crippen LogP) is 3.46. The lowest BCUT2D eigenvalue weighted by Gasteiger charge is -2.26. The van der Waals surface area contributed by atoms with E-state index < -0.39 is 0 Å². The predicted molar refractivity (Wildman–Crippen MR) is 90.5 cm³/mol. The molecule has 23 heavy (non-hydrogen) atoms. The number of rotatable bonds is 5. The van der Waals surface area contributed by atoms with Crippen molar-refractivity contribution in [3.8, 4) is 0 Å². The van der Waals surface area contributed by atoms with Crippen LogP contribution in [-0.4, -0.2) is 30.4 Å². The Morgan fingerprint density at radius 2 is 1.83 bits per heavy atom. The molecule has 1 unspecified atom stereocenters. The monoisotopic (exact) mass is 312 g/mol. The number of benzene rings is 1. The highest BCUT2D eigenvalue weighted by Gasteiger charge is 2.26. The molecular weight excluding hydrogens is 288 g/mol. The number of hydrogen-bond donors (Lipinski definition) is 1. The highest BCUT2D eigenvalue weighted by molar-refractivity contribution is 5.94. The van der Waals surface area contributed by atoms with Crippen LogP contribution in [0.25, 0.3) is 0 Å². The Morgan fingerprint density at radius 1 is 1.13 bits per heavy atom. The van der Waals surface area contributed by atoms with Gasteiger partial charge in [-0.3, -0.25) is 9.69 Å². The van der Waals surface area contributed by atoms with Crippen LogP contribution in [-0.2, 0) is 0 Å². The van der Waals surface area contributed by atoms with Crippen molar-refractivity contribution in [3.63, 3.8) is 0 Å². The second-order valence-electron chi connectivity index (χ2n) is 6.28. The standard InChI is InChI=1S/C19H24N2O2/c1-14-5-8-16(9-6-14)19(22)20-13-17(21-11-3-4-12-21)18-10-7-15(2)23-18/h5-10,17H,3-4,11-13H2,1-2H3,(H,20,22). The average molecular weight is 312 g/mol. The van der Waals surface area contributed by atoms with Crippen LogP contribution in [0.1, 0.15) is 46.3 Å². The minimum absolute atomic E-state index is 0.0301. The molecule has 0 saturated carbocycles. The smallest absolute Gasteiger partial charge is 0.251 e. The van der Waals surface area contributed by atoms with E-state index in [4.69, 9.17) is 4.42 Å². The van der Waals surface area contributed by atoms with Gasteiger partial charge in [-0.05, 0) is 64.0 Å². The fourth-order valence-corrected chi connectivity index (χ4v) is 3.09. The van der Waals surface area contributed by atoms with E-state index in [-0.39, 0.29) is 11.9 Å². The average Bonchev–Trinajstić information content (AvgIpc) is 3.20. The Morgan fingerprint density at radius 3 is 2.43 bits per heavy atom. The Bertz CT molecular complexity index is 654. The number of likely N-dealkylation sites (tertiary alicyclic amines) is 1. The molecule has 0 bridgehead atoms. The SMILES string of the molecule is Cc1ccc(C(=O)NCC(c2ccc(C)o2)N2CCCC2)cc1. The van der Waals surface area contributed by atoms with E-state index >= 15 is 0 Å². The number of carbonyl (C=O) groups excluding carboxylic acids is 1. The summed E-state index contributed by atoms with van der Waals surface area (Å²) in [5.74, 6) is 1.82. The summed E-state index contributed by atoms with van der Waals surface area (Å²) < 4.78 is 5.82. The van der Waals surface area contributed by atoms with Gasteiger partial charge in [0.1, 0.15) is 11.5 Å². The highest BCUT2D eigenvalue weighted by atomic mass is 16.3. The van der Waals surface area contributed by atoms with Crippen LogP contribution in [0.5, 0.6) is 0 Å². The summed E-state index contributed by atoms with van der Waals surface area (Å²) in [4.78, 5) is 14.7. The zero-order chi connectivity index (χ0) is 16.2. The third-order valence-corrected chi connectivity index (χ3v) is 4.44. The topological polar surface area (TPSA) is 45.5 Å². The molecule has 1 aliphatic rings. The van der Waals surface area contributed by atoms with Crippen molar-refractivity contribution < 1.29 is 9.21 Å². The first-order chi connectivity index (χ1) is 11.1. The molecule has 3 rings (SSSR count). The molecule has 1 N–H and O–H groups in total. The maximum atomic E-state index is 12.4. The number of aryl methyl sites for hydroxylation is 2. The Hall–Kier alpha value is -2.07. The number of nitrogens with zero attached hydrogens (tertiary/aromatic N) is 1. The molecule has 2 heterocycles. The second kappa shape index (κ2) is 7.01. The van der Waals surface area contributed by atoms with Gasteiger partial charge < -0.3 is 9.73 Å². The molecule has 2 aromatic rings. The molecule has 1 aromatic heterocycles. The summed E-state index contributed by atoms with van der Waals surface area (Å²) in [7, 11) is 0. The fourth-order valence-electron chi connectivity index (χ4n) is 3.09. The lowest BCUT2D eigenvalue weighted by atomic mass is 10.1. The summed E-state index contributed by atoms with van der Waals surface area (Å²) in [6, 6.07) is 11.8. The Balaban J connectivity index is 1.68. The maximum Gasteiger partial charge on any atom is 0.251 e. The molecule has 122 valence electrons. The first kappa shape index (κ1) is 15.8. The molecule has 1 saturated heterocycles. The maximum absolute atomic E-state index is 12.4. The van der Waals surface area contributed by atoms with Gasteiger partial charge in [0, 0.05) is 12.1 Å². The lowest BCUT2D eigenvalue weighted by Crippen LogP contribution is -2.36. The van der Waals surface area contributed by atoms with Crippen LogP contribution in [0.15, 0.2) is 40.8 Å². The second-order valence-corrected chi connectivity index (χ2v) is 6.28. The Kier molecular flexibility index (Phi) is 4.82. The van der Waals surface area contributed by atoms with Crippen molar-refractivity contribution in [2.75, 3.05) is 19.6 Å². The van der Waals surface area contributed by atoms with Gasteiger partial charge in [0.25, 0.3) is 5.91 Å². The lowest BCUT2D eigenvalue weighted by molar-refractivity contribution is 0.0933. The summed E-state index contributed by atoms with van der Waals surface area (Å²) in [6.45, 7) is 6.66. The van der Waals surface area contributed by atoms with Crippen LogP contribution in [0, 0.1) is 13.8 Å². The Labute approximate surface area is 137 Å². The zero-order valence-electron chi connectivity index (χ0n) is 13.8. The van der Waals surface area contributed by atoms with Gasteiger partial charge in [0.2, 0.25) is 0 Å². The van der Waals surface area contributed by atoms with Gasteiger partial charge in [-0.2, -0.15) is 0 Å². The van der Waals surface area contributed by atoms with Crippen LogP contribution in [0.4, 0.5) is 0 Å². The minimum atomic E-state index is -0.0301. The first-order valence-corrected chi connectivity index (χ1v) is 8.29. The molecule has 4 heteroatoms. The van der Waals surface area contributed by atoms with Crippen molar-refractivity contribution in [3.05, 3.63) is 59.0 Å². The molecule has 1 atom stereocenters. The summed E-state index contributed by atoms with van der Waals surface area (Å²) >= 11 is 0. The van der Waals surface area contributed by atoms with E-state index in [0.29, 0.717) is 12.1 Å². The normalized spacial score (nSPS) is 16.4. The number of furan rings is 1. The van der Waals surface area contributed by atoms with E-state index in [1.54, 1.807) is 0 Å². The van der Waals surface area contributed by atoms with Crippen LogP contribution in [0.2, 0.25) is 0 Å². The van der Waals surface area contributed by atoms with E-state index in [1.807, 2.05) is 50.2 Å². The first-order valence-electron chi connectivity index (χ1n) is 8.29. The molecule has 1 aliphatic heterocycles. The quantitative estimate of drug-likeness (QED) is 0.919. The number of hydrogen-bond acceptors (Lipinski definition) is 3. The van der Waals surface area contributed by atoms with E-state index in [0.717, 1.165) is 30.2 Å². The summed E-state index contributed by atoms with van der Waals surface area (Å²) in [5.41, 5.74) is 1.86. The van der Waals surface area contributed by atoms with Gasteiger partial charge in [-0.25, -0.2) is 0 Å². The van der Waals surface area contributed by atoms with Gasteiger partial charge in [0.05, 0.1) is 6.04 Å². The van der Waals surface area contributed by atoms with Crippen LogP contribution in [0.3, 0.4) is 0 Å². The third kappa shape index (κ3) is 3.82. The molecular formula is C19H24N2O2. The van der Waals surface area contributed by atoms with Crippen molar-refractivity contribution >= 4 is 5.91 Å². The van der Waals surface area contributed by atoms with Gasteiger partial charge in [0.15, 0.2) is 0 Å². The van der Waals surface area contributed by atoms with Crippen LogP contribution < -0.4 is 5.32 Å². The van der Waals surface area contributed by atoms with Gasteiger partial charge in [-0.1, -0.05) is 17.7 Å². The van der Waals surface area contributed by atoms with E-state index in [9.17, 15) is 4.79 Å².